The Hall–Kier alpha value is -2.55. The monoisotopic (exact) mass is 385 g/mol. The summed E-state index contributed by atoms with van der Waals surface area (Å²) >= 11 is 1.52. The lowest BCUT2D eigenvalue weighted by molar-refractivity contribution is 0.0705. The van der Waals surface area contributed by atoms with Crippen LogP contribution in [0.25, 0.3) is 0 Å². The van der Waals surface area contributed by atoms with E-state index in [0.29, 0.717) is 18.2 Å². The van der Waals surface area contributed by atoms with Gasteiger partial charge in [0.25, 0.3) is 5.91 Å². The molecule has 0 aromatic carbocycles. The molecule has 0 radical (unpaired) electrons. The van der Waals surface area contributed by atoms with Crippen molar-refractivity contribution < 1.29 is 4.79 Å². The van der Waals surface area contributed by atoms with Crippen LogP contribution in [0.1, 0.15) is 52.8 Å². The topological polar surface area (TPSA) is 81.7 Å². The normalized spacial score (nSPS) is 15.4. The Morgan fingerprint density at radius 1 is 1.30 bits per heavy atom. The Morgan fingerprint density at radius 2 is 2.11 bits per heavy atom. The highest BCUT2D eigenvalue weighted by Gasteiger charge is 2.29. The van der Waals surface area contributed by atoms with Crippen LogP contribution in [0.15, 0.2) is 24.1 Å². The number of aryl methyl sites for hydroxylation is 1. The zero-order valence-electron chi connectivity index (χ0n) is 15.6. The number of thiazole rings is 1. The molecular formula is C18H23N7OS. The number of carbonyl (C=O) groups excluding carboxylic acids is 1. The fourth-order valence-electron chi connectivity index (χ4n) is 3.62. The smallest absolute Gasteiger partial charge is 0.273 e. The van der Waals surface area contributed by atoms with E-state index < -0.39 is 0 Å². The van der Waals surface area contributed by atoms with Crippen molar-refractivity contribution in [3.05, 3.63) is 46.5 Å². The molecule has 1 amide bonds. The lowest BCUT2D eigenvalue weighted by Gasteiger charge is -2.31. The third-order valence-electron chi connectivity index (χ3n) is 5.04. The van der Waals surface area contributed by atoms with Gasteiger partial charge in [0.2, 0.25) is 0 Å². The van der Waals surface area contributed by atoms with Crippen molar-refractivity contribution in [2.75, 3.05) is 13.1 Å². The molecule has 8 nitrogen and oxygen atoms in total. The molecule has 0 atom stereocenters. The first kappa shape index (κ1) is 17.8. The molecule has 3 aromatic rings. The summed E-state index contributed by atoms with van der Waals surface area (Å²) in [5, 5.41) is 11.7. The van der Waals surface area contributed by atoms with Gasteiger partial charge in [0, 0.05) is 43.3 Å². The summed E-state index contributed by atoms with van der Waals surface area (Å²) in [7, 11) is 0. The average Bonchev–Trinajstić information content (AvgIpc) is 3.43. The van der Waals surface area contributed by atoms with E-state index in [1.165, 1.54) is 11.3 Å². The van der Waals surface area contributed by atoms with Crippen molar-refractivity contribution in [2.24, 2.45) is 0 Å². The van der Waals surface area contributed by atoms with Crippen LogP contribution in [-0.2, 0) is 13.1 Å². The molecule has 1 fully saturated rings. The van der Waals surface area contributed by atoms with Crippen LogP contribution in [0.4, 0.5) is 0 Å². The minimum atomic E-state index is 0.0376. The highest BCUT2D eigenvalue weighted by molar-refractivity contribution is 7.09. The first-order valence-corrected chi connectivity index (χ1v) is 10.1. The van der Waals surface area contributed by atoms with Crippen molar-refractivity contribution >= 4 is 17.2 Å². The lowest BCUT2D eigenvalue weighted by Crippen LogP contribution is -2.38. The number of amides is 1. The fraction of sp³-hybridized carbons (Fsp3) is 0.500. The Labute approximate surface area is 161 Å². The van der Waals surface area contributed by atoms with E-state index in [-0.39, 0.29) is 5.91 Å². The molecule has 0 bridgehead atoms. The highest BCUT2D eigenvalue weighted by Crippen LogP contribution is 2.28. The van der Waals surface area contributed by atoms with Crippen LogP contribution >= 0.6 is 11.3 Å². The Kier molecular flexibility index (Phi) is 5.02. The fourth-order valence-corrected chi connectivity index (χ4v) is 4.21. The SMILES string of the molecule is CCn1c(Cn2ccnc2)nnc1C1CCN(C(=O)c2csc(C)n2)CC1. The number of likely N-dealkylation sites (tertiary alicyclic amines) is 1. The number of aromatic nitrogens is 6. The molecule has 9 heteroatoms. The van der Waals surface area contributed by atoms with Crippen LogP contribution < -0.4 is 0 Å². The first-order chi connectivity index (χ1) is 13.2. The van der Waals surface area contributed by atoms with Crippen LogP contribution in [0, 0.1) is 6.92 Å². The number of nitrogens with zero attached hydrogens (tertiary/aromatic N) is 7. The van der Waals surface area contributed by atoms with Crippen LogP contribution in [0.5, 0.6) is 0 Å². The molecule has 3 aromatic heterocycles. The maximum absolute atomic E-state index is 12.6. The second kappa shape index (κ2) is 7.59. The Bertz CT molecular complexity index is 906. The standard InChI is InChI=1S/C18H23N7OS/c1-3-25-16(10-23-9-6-19-12-23)21-22-17(25)14-4-7-24(8-5-14)18(26)15-11-27-13(2)20-15/h6,9,11-12,14H,3-5,7-8,10H2,1-2H3. The summed E-state index contributed by atoms with van der Waals surface area (Å²) in [6, 6.07) is 0. The minimum absolute atomic E-state index is 0.0376. The molecule has 0 saturated carbocycles. The predicted molar refractivity (Wildman–Crippen MR) is 102 cm³/mol. The summed E-state index contributed by atoms with van der Waals surface area (Å²) < 4.78 is 4.20. The maximum atomic E-state index is 12.6. The van der Waals surface area contributed by atoms with Gasteiger partial charge >= 0.3 is 0 Å². The van der Waals surface area contributed by atoms with Crippen LogP contribution in [0.2, 0.25) is 0 Å². The molecule has 1 aliphatic heterocycles. The Balaban J connectivity index is 1.43. The molecule has 142 valence electrons. The molecule has 0 spiro atoms. The molecule has 1 aliphatic rings. The van der Waals surface area contributed by atoms with Crippen molar-refractivity contribution in [1.82, 2.24) is 34.2 Å². The highest BCUT2D eigenvalue weighted by atomic mass is 32.1. The minimum Gasteiger partial charge on any atom is -0.337 e. The summed E-state index contributed by atoms with van der Waals surface area (Å²) in [6.45, 7) is 7.01. The predicted octanol–water partition coefficient (Wildman–Crippen LogP) is 2.33. The molecule has 4 heterocycles. The summed E-state index contributed by atoms with van der Waals surface area (Å²) in [5.41, 5.74) is 0.565. The largest absolute Gasteiger partial charge is 0.337 e. The summed E-state index contributed by atoms with van der Waals surface area (Å²) in [5.74, 6) is 2.34. The van der Waals surface area contributed by atoms with E-state index in [4.69, 9.17) is 0 Å². The van der Waals surface area contributed by atoms with Gasteiger partial charge in [0.1, 0.15) is 11.5 Å². The number of carbonyl (C=O) groups is 1. The quantitative estimate of drug-likeness (QED) is 0.673. The van der Waals surface area contributed by atoms with Crippen LogP contribution in [0.3, 0.4) is 0 Å². The molecular weight excluding hydrogens is 362 g/mol. The lowest BCUT2D eigenvalue weighted by atomic mass is 9.95. The van der Waals surface area contributed by atoms with Gasteiger partial charge in [-0.1, -0.05) is 0 Å². The van der Waals surface area contributed by atoms with Gasteiger partial charge in [-0.2, -0.15) is 0 Å². The van der Waals surface area contributed by atoms with Gasteiger partial charge in [-0.3, -0.25) is 4.79 Å². The van der Waals surface area contributed by atoms with E-state index in [1.807, 2.05) is 28.0 Å². The van der Waals surface area contributed by atoms with Gasteiger partial charge in [-0.25, -0.2) is 9.97 Å². The molecule has 0 aliphatic carbocycles. The van der Waals surface area contributed by atoms with Gasteiger partial charge in [0.15, 0.2) is 5.82 Å². The third kappa shape index (κ3) is 3.64. The maximum Gasteiger partial charge on any atom is 0.273 e. The number of hydrogen-bond acceptors (Lipinski definition) is 6. The van der Waals surface area contributed by atoms with E-state index in [1.54, 1.807) is 12.5 Å². The number of imidazole rings is 1. The van der Waals surface area contributed by atoms with Gasteiger partial charge in [-0.15, -0.1) is 21.5 Å². The Morgan fingerprint density at radius 3 is 2.74 bits per heavy atom. The number of hydrogen-bond donors (Lipinski definition) is 0. The molecule has 0 unspecified atom stereocenters. The number of piperidine rings is 1. The summed E-state index contributed by atoms with van der Waals surface area (Å²) in [4.78, 5) is 22.9. The number of rotatable bonds is 5. The van der Waals surface area contributed by atoms with Crippen molar-refractivity contribution in [2.45, 2.75) is 45.7 Å². The van der Waals surface area contributed by atoms with Crippen molar-refractivity contribution in [3.8, 4) is 0 Å². The van der Waals surface area contributed by atoms with Gasteiger partial charge in [0.05, 0.1) is 17.9 Å². The van der Waals surface area contributed by atoms with Gasteiger partial charge < -0.3 is 14.0 Å². The van der Waals surface area contributed by atoms with E-state index in [0.717, 1.165) is 49.1 Å². The van der Waals surface area contributed by atoms with Crippen molar-refractivity contribution in [3.63, 3.8) is 0 Å². The zero-order valence-corrected chi connectivity index (χ0v) is 16.4. The van der Waals surface area contributed by atoms with Crippen LogP contribution in [-0.4, -0.2) is 53.2 Å². The van der Waals surface area contributed by atoms with E-state index in [9.17, 15) is 4.79 Å². The molecule has 4 rings (SSSR count). The average molecular weight is 385 g/mol. The molecule has 27 heavy (non-hydrogen) atoms. The molecule has 0 N–H and O–H groups in total. The zero-order chi connectivity index (χ0) is 18.8. The second-order valence-corrected chi connectivity index (χ2v) is 7.83. The van der Waals surface area contributed by atoms with E-state index in [2.05, 4.69) is 31.7 Å². The summed E-state index contributed by atoms with van der Waals surface area (Å²) in [6.07, 6.45) is 7.29. The van der Waals surface area contributed by atoms with Crippen molar-refractivity contribution in [1.29, 1.82) is 0 Å². The third-order valence-corrected chi connectivity index (χ3v) is 5.81. The van der Waals surface area contributed by atoms with Gasteiger partial charge in [-0.05, 0) is 26.7 Å². The molecule has 1 saturated heterocycles. The first-order valence-electron chi connectivity index (χ1n) is 9.24. The second-order valence-electron chi connectivity index (χ2n) is 6.77. The van der Waals surface area contributed by atoms with E-state index >= 15 is 0 Å².